The van der Waals surface area contributed by atoms with E-state index in [0.29, 0.717) is 23.3 Å². The first-order chi connectivity index (χ1) is 12.7. The van der Waals surface area contributed by atoms with Gasteiger partial charge in [-0.15, -0.1) is 0 Å². The van der Waals surface area contributed by atoms with E-state index in [1.807, 2.05) is 29.0 Å². The standard InChI is InChI=1S/C20H17N3O3/c24-12-14-9-15-6-8-22(19(15)21-11-14)17-4-1-3-16(10-17)20(26)23-7-2-5-18(23)13-25/h1,3-4,6,8-13,18H,2,5,7H2. The summed E-state index contributed by atoms with van der Waals surface area (Å²) in [4.78, 5) is 40.9. The number of hydrogen-bond donors (Lipinski definition) is 0. The van der Waals surface area contributed by atoms with Gasteiger partial charge in [-0.1, -0.05) is 6.07 Å². The Bertz CT molecular complexity index is 1010. The second-order valence-electron chi connectivity index (χ2n) is 6.38. The normalized spacial score (nSPS) is 16.8. The highest BCUT2D eigenvalue weighted by atomic mass is 16.2. The van der Waals surface area contributed by atoms with Crippen LogP contribution in [-0.2, 0) is 4.79 Å². The molecule has 6 nitrogen and oxygen atoms in total. The lowest BCUT2D eigenvalue weighted by Gasteiger charge is -2.20. The Balaban J connectivity index is 1.71. The van der Waals surface area contributed by atoms with E-state index in [2.05, 4.69) is 4.98 Å². The molecule has 0 saturated carbocycles. The number of pyridine rings is 1. The minimum Gasteiger partial charge on any atom is -0.329 e. The smallest absolute Gasteiger partial charge is 0.254 e. The predicted octanol–water partition coefficient (Wildman–Crippen LogP) is 2.64. The van der Waals surface area contributed by atoms with Crippen molar-refractivity contribution in [3.63, 3.8) is 0 Å². The average molecular weight is 347 g/mol. The lowest BCUT2D eigenvalue weighted by Crippen LogP contribution is -2.36. The summed E-state index contributed by atoms with van der Waals surface area (Å²) in [6.45, 7) is 0.606. The Hall–Kier alpha value is -3.28. The first-order valence-corrected chi connectivity index (χ1v) is 8.50. The van der Waals surface area contributed by atoms with Crippen molar-refractivity contribution in [1.82, 2.24) is 14.5 Å². The number of aromatic nitrogens is 2. The van der Waals surface area contributed by atoms with E-state index >= 15 is 0 Å². The summed E-state index contributed by atoms with van der Waals surface area (Å²) in [5, 5.41) is 0.854. The number of hydrogen-bond acceptors (Lipinski definition) is 4. The molecular formula is C20H17N3O3. The van der Waals surface area contributed by atoms with Gasteiger partial charge in [-0.25, -0.2) is 4.98 Å². The first kappa shape index (κ1) is 16.2. The minimum absolute atomic E-state index is 0.130. The van der Waals surface area contributed by atoms with Crippen LogP contribution >= 0.6 is 0 Å². The van der Waals surface area contributed by atoms with Crippen molar-refractivity contribution < 1.29 is 14.4 Å². The summed E-state index contributed by atoms with van der Waals surface area (Å²) in [6, 6.07) is 10.6. The van der Waals surface area contributed by atoms with Crippen LogP contribution in [-0.4, -0.2) is 45.5 Å². The predicted molar refractivity (Wildman–Crippen MR) is 96.6 cm³/mol. The van der Waals surface area contributed by atoms with Crippen LogP contribution in [0.15, 0.2) is 48.8 Å². The van der Waals surface area contributed by atoms with Crippen molar-refractivity contribution in [3.05, 3.63) is 59.9 Å². The fraction of sp³-hybridized carbons (Fsp3) is 0.200. The molecule has 26 heavy (non-hydrogen) atoms. The molecule has 0 spiro atoms. The third-order valence-electron chi connectivity index (χ3n) is 4.77. The fourth-order valence-electron chi connectivity index (χ4n) is 3.45. The van der Waals surface area contributed by atoms with Gasteiger partial charge in [0.2, 0.25) is 0 Å². The maximum absolute atomic E-state index is 12.8. The van der Waals surface area contributed by atoms with Crippen molar-refractivity contribution in [2.75, 3.05) is 6.54 Å². The van der Waals surface area contributed by atoms with E-state index in [1.165, 1.54) is 6.20 Å². The van der Waals surface area contributed by atoms with Gasteiger partial charge in [0, 0.05) is 41.1 Å². The van der Waals surface area contributed by atoms with Gasteiger partial charge in [0.1, 0.15) is 11.9 Å². The number of rotatable bonds is 4. The monoisotopic (exact) mass is 347 g/mol. The molecule has 0 N–H and O–H groups in total. The second-order valence-corrected chi connectivity index (χ2v) is 6.38. The van der Waals surface area contributed by atoms with Crippen LogP contribution in [0.2, 0.25) is 0 Å². The zero-order valence-electron chi connectivity index (χ0n) is 14.0. The molecule has 6 heteroatoms. The summed E-state index contributed by atoms with van der Waals surface area (Å²) in [5.41, 5.74) is 2.59. The largest absolute Gasteiger partial charge is 0.329 e. The molecule has 1 unspecified atom stereocenters. The Labute approximate surface area is 150 Å². The molecule has 1 amide bonds. The molecule has 1 aliphatic rings. The summed E-state index contributed by atoms with van der Waals surface area (Å²) in [6.07, 6.45) is 6.57. The Morgan fingerprint density at radius 3 is 2.88 bits per heavy atom. The molecule has 1 saturated heterocycles. The van der Waals surface area contributed by atoms with E-state index < -0.39 is 0 Å². The molecule has 130 valence electrons. The maximum atomic E-state index is 12.8. The van der Waals surface area contributed by atoms with Gasteiger partial charge >= 0.3 is 0 Å². The van der Waals surface area contributed by atoms with Crippen LogP contribution in [0.5, 0.6) is 0 Å². The van der Waals surface area contributed by atoms with Gasteiger partial charge in [-0.2, -0.15) is 0 Å². The van der Waals surface area contributed by atoms with Gasteiger partial charge in [-0.05, 0) is 43.2 Å². The van der Waals surface area contributed by atoms with Gasteiger partial charge in [0.25, 0.3) is 5.91 Å². The van der Waals surface area contributed by atoms with E-state index in [9.17, 15) is 14.4 Å². The molecule has 0 bridgehead atoms. The van der Waals surface area contributed by atoms with E-state index in [1.54, 1.807) is 23.1 Å². The summed E-state index contributed by atoms with van der Waals surface area (Å²) >= 11 is 0. The molecule has 3 heterocycles. The maximum Gasteiger partial charge on any atom is 0.254 e. The van der Waals surface area contributed by atoms with Crippen LogP contribution in [0.1, 0.15) is 33.6 Å². The highest BCUT2D eigenvalue weighted by Crippen LogP contribution is 2.23. The van der Waals surface area contributed by atoms with Crippen molar-refractivity contribution in [2.24, 2.45) is 0 Å². The zero-order chi connectivity index (χ0) is 18.1. The number of fused-ring (bicyclic) bond motifs is 1. The van der Waals surface area contributed by atoms with Crippen LogP contribution in [0.4, 0.5) is 0 Å². The number of carbonyl (C=O) groups excluding carboxylic acids is 3. The Morgan fingerprint density at radius 2 is 2.08 bits per heavy atom. The molecule has 1 atom stereocenters. The van der Waals surface area contributed by atoms with Gasteiger partial charge in [0.05, 0.1) is 6.04 Å². The second kappa shape index (κ2) is 6.55. The number of aldehydes is 2. The number of carbonyl (C=O) groups is 3. The van der Waals surface area contributed by atoms with Crippen molar-refractivity contribution in [1.29, 1.82) is 0 Å². The summed E-state index contributed by atoms with van der Waals surface area (Å²) in [7, 11) is 0. The highest BCUT2D eigenvalue weighted by molar-refractivity contribution is 5.96. The van der Waals surface area contributed by atoms with Crippen molar-refractivity contribution in [2.45, 2.75) is 18.9 Å². The SMILES string of the molecule is O=Cc1cnc2c(ccn2-c2cccc(C(=O)N3CCCC3C=O)c2)c1. The molecule has 4 rings (SSSR count). The Kier molecular flexibility index (Phi) is 4.08. The van der Waals surface area contributed by atoms with Gasteiger partial charge in [0.15, 0.2) is 6.29 Å². The number of likely N-dealkylation sites (tertiary alicyclic amines) is 1. The third-order valence-corrected chi connectivity index (χ3v) is 4.77. The molecule has 1 fully saturated rings. The zero-order valence-corrected chi connectivity index (χ0v) is 14.0. The van der Waals surface area contributed by atoms with Crippen molar-refractivity contribution >= 4 is 29.5 Å². The molecule has 2 aromatic heterocycles. The average Bonchev–Trinajstić information content (AvgIpc) is 3.33. The van der Waals surface area contributed by atoms with E-state index in [0.717, 1.165) is 36.5 Å². The number of benzene rings is 1. The van der Waals surface area contributed by atoms with Crippen LogP contribution in [0, 0.1) is 0 Å². The lowest BCUT2D eigenvalue weighted by molar-refractivity contribution is -0.111. The Morgan fingerprint density at radius 1 is 1.19 bits per heavy atom. The molecule has 0 radical (unpaired) electrons. The topological polar surface area (TPSA) is 72.3 Å². The van der Waals surface area contributed by atoms with Crippen LogP contribution in [0.3, 0.4) is 0 Å². The van der Waals surface area contributed by atoms with E-state index in [-0.39, 0.29) is 11.9 Å². The fourth-order valence-corrected chi connectivity index (χ4v) is 3.45. The van der Waals surface area contributed by atoms with Crippen LogP contribution < -0.4 is 0 Å². The van der Waals surface area contributed by atoms with Gasteiger partial charge in [-0.3, -0.25) is 9.59 Å². The third kappa shape index (κ3) is 2.69. The summed E-state index contributed by atoms with van der Waals surface area (Å²) < 4.78 is 1.88. The summed E-state index contributed by atoms with van der Waals surface area (Å²) in [5.74, 6) is -0.130. The lowest BCUT2D eigenvalue weighted by atomic mass is 10.1. The molecular weight excluding hydrogens is 330 g/mol. The van der Waals surface area contributed by atoms with Crippen molar-refractivity contribution in [3.8, 4) is 5.69 Å². The minimum atomic E-state index is -0.331. The van der Waals surface area contributed by atoms with Crippen LogP contribution in [0.25, 0.3) is 16.7 Å². The molecule has 1 aliphatic heterocycles. The first-order valence-electron chi connectivity index (χ1n) is 8.50. The number of nitrogens with zero attached hydrogens (tertiary/aromatic N) is 3. The van der Waals surface area contributed by atoms with E-state index in [4.69, 9.17) is 0 Å². The highest BCUT2D eigenvalue weighted by Gasteiger charge is 2.29. The quantitative estimate of drug-likeness (QED) is 0.680. The molecule has 3 aromatic rings. The molecule has 1 aromatic carbocycles. The number of amides is 1. The van der Waals surface area contributed by atoms with Gasteiger partial charge < -0.3 is 14.3 Å². The molecule has 0 aliphatic carbocycles.